The molecule has 160 valence electrons. The Kier molecular flexibility index (Phi) is 6.68. The van der Waals surface area contributed by atoms with Gasteiger partial charge in [0.2, 0.25) is 0 Å². The third kappa shape index (κ3) is 5.53. The summed E-state index contributed by atoms with van der Waals surface area (Å²) in [5.41, 5.74) is 5.88. The number of hydrogen-bond donors (Lipinski definition) is 1. The molecule has 0 aromatic heterocycles. The Hall–Kier alpha value is -3.11. The monoisotopic (exact) mass is 414 g/mol. The minimum atomic E-state index is -0.0831. The van der Waals surface area contributed by atoms with Crippen molar-refractivity contribution in [3.8, 4) is 5.75 Å². The molecule has 0 bridgehead atoms. The molecule has 1 aliphatic rings. The van der Waals surface area contributed by atoms with Gasteiger partial charge in [-0.05, 0) is 60.7 Å². The number of para-hydroxylation sites is 1. The third-order valence-corrected chi connectivity index (χ3v) is 5.79. The lowest BCUT2D eigenvalue weighted by molar-refractivity contribution is 0.0926. The minimum Gasteiger partial charge on any atom is -0.491 e. The number of carbonyl (C=O) groups is 1. The smallest absolute Gasteiger partial charge is 0.251 e. The second kappa shape index (κ2) is 9.80. The molecular weight excluding hydrogens is 384 g/mol. The number of fused-ring (bicyclic) bond motifs is 1. The molecule has 0 radical (unpaired) electrons. The van der Waals surface area contributed by atoms with Gasteiger partial charge in [0.1, 0.15) is 12.4 Å². The Bertz CT molecular complexity index is 1030. The first-order valence-corrected chi connectivity index (χ1v) is 11.0. The standard InChI is InChI=1S/C27H30N2O2/c1-20-7-3-6-10-26(20)31-19-21(2)28-27(30)24-13-11-22(12-14-24)17-29-16-15-23-8-4-5-9-25(23)18-29/h3-14,21H,15-19H2,1-2H3,(H,28,30). The van der Waals surface area contributed by atoms with Crippen LogP contribution in [0.4, 0.5) is 0 Å². The Morgan fingerprint density at radius 1 is 1.00 bits per heavy atom. The normalized spacial score (nSPS) is 14.5. The van der Waals surface area contributed by atoms with E-state index < -0.39 is 0 Å². The zero-order valence-corrected chi connectivity index (χ0v) is 18.3. The van der Waals surface area contributed by atoms with Crippen LogP contribution in [0, 0.1) is 6.92 Å². The van der Waals surface area contributed by atoms with Crippen LogP contribution < -0.4 is 10.1 Å². The summed E-state index contributed by atoms with van der Waals surface area (Å²) < 4.78 is 5.84. The van der Waals surface area contributed by atoms with Gasteiger partial charge in [-0.3, -0.25) is 9.69 Å². The molecule has 1 heterocycles. The van der Waals surface area contributed by atoms with Crippen molar-refractivity contribution in [3.05, 3.63) is 101 Å². The molecule has 1 unspecified atom stereocenters. The summed E-state index contributed by atoms with van der Waals surface area (Å²) in [6.07, 6.45) is 1.10. The number of nitrogens with one attached hydrogen (secondary N) is 1. The molecule has 4 nitrogen and oxygen atoms in total. The molecule has 3 aromatic rings. The predicted molar refractivity (Wildman–Crippen MR) is 124 cm³/mol. The quantitative estimate of drug-likeness (QED) is 0.607. The Balaban J connectivity index is 1.27. The summed E-state index contributed by atoms with van der Waals surface area (Å²) >= 11 is 0. The van der Waals surface area contributed by atoms with E-state index in [2.05, 4.69) is 46.6 Å². The molecule has 0 spiro atoms. The van der Waals surface area contributed by atoms with Crippen LogP contribution in [0.2, 0.25) is 0 Å². The Labute approximate surface area is 184 Å². The number of hydrogen-bond acceptors (Lipinski definition) is 3. The first kappa shape index (κ1) is 21.1. The lowest BCUT2D eigenvalue weighted by Gasteiger charge is -2.28. The number of rotatable bonds is 7. The Morgan fingerprint density at radius 2 is 1.71 bits per heavy atom. The van der Waals surface area contributed by atoms with Crippen LogP contribution in [0.3, 0.4) is 0 Å². The van der Waals surface area contributed by atoms with Gasteiger partial charge in [-0.1, -0.05) is 54.6 Å². The van der Waals surface area contributed by atoms with Gasteiger partial charge < -0.3 is 10.1 Å². The summed E-state index contributed by atoms with van der Waals surface area (Å²) in [7, 11) is 0. The van der Waals surface area contributed by atoms with E-state index in [-0.39, 0.29) is 11.9 Å². The van der Waals surface area contributed by atoms with Crippen LogP contribution in [0.15, 0.2) is 72.8 Å². The van der Waals surface area contributed by atoms with Crippen LogP contribution in [-0.2, 0) is 19.5 Å². The van der Waals surface area contributed by atoms with Gasteiger partial charge in [0.15, 0.2) is 0 Å². The molecule has 31 heavy (non-hydrogen) atoms. The van der Waals surface area contributed by atoms with E-state index in [1.165, 1.54) is 16.7 Å². The fraction of sp³-hybridized carbons (Fsp3) is 0.296. The van der Waals surface area contributed by atoms with Crippen molar-refractivity contribution in [3.63, 3.8) is 0 Å². The summed E-state index contributed by atoms with van der Waals surface area (Å²) in [6, 6.07) is 24.5. The summed E-state index contributed by atoms with van der Waals surface area (Å²) in [6.45, 7) is 7.36. The lowest BCUT2D eigenvalue weighted by Crippen LogP contribution is -2.36. The fourth-order valence-electron chi connectivity index (χ4n) is 3.99. The molecule has 0 aliphatic carbocycles. The van der Waals surface area contributed by atoms with E-state index in [0.29, 0.717) is 12.2 Å². The molecular formula is C27H30N2O2. The molecule has 4 heteroatoms. The van der Waals surface area contributed by atoms with Crippen molar-refractivity contribution in [1.82, 2.24) is 10.2 Å². The molecule has 3 aromatic carbocycles. The van der Waals surface area contributed by atoms with Crippen molar-refractivity contribution >= 4 is 5.91 Å². The summed E-state index contributed by atoms with van der Waals surface area (Å²) in [4.78, 5) is 15.1. The van der Waals surface area contributed by atoms with Crippen molar-refractivity contribution in [1.29, 1.82) is 0 Å². The number of ether oxygens (including phenoxy) is 1. The SMILES string of the molecule is Cc1ccccc1OCC(C)NC(=O)c1ccc(CN2CCc3ccccc3C2)cc1. The molecule has 1 N–H and O–H groups in total. The average Bonchev–Trinajstić information content (AvgIpc) is 2.79. The van der Waals surface area contributed by atoms with Gasteiger partial charge in [-0.2, -0.15) is 0 Å². The maximum atomic E-state index is 12.6. The van der Waals surface area contributed by atoms with E-state index in [4.69, 9.17) is 4.74 Å². The molecule has 0 fully saturated rings. The lowest BCUT2D eigenvalue weighted by atomic mass is 9.99. The van der Waals surface area contributed by atoms with Crippen LogP contribution >= 0.6 is 0 Å². The molecule has 1 aliphatic heterocycles. The predicted octanol–water partition coefficient (Wildman–Crippen LogP) is 4.75. The fourth-order valence-corrected chi connectivity index (χ4v) is 3.99. The average molecular weight is 415 g/mol. The zero-order valence-electron chi connectivity index (χ0n) is 18.3. The zero-order chi connectivity index (χ0) is 21.6. The first-order valence-electron chi connectivity index (χ1n) is 11.0. The molecule has 4 rings (SSSR count). The van der Waals surface area contributed by atoms with Gasteiger partial charge in [0.05, 0.1) is 6.04 Å². The van der Waals surface area contributed by atoms with Gasteiger partial charge in [-0.25, -0.2) is 0 Å². The van der Waals surface area contributed by atoms with E-state index in [0.717, 1.165) is 37.4 Å². The van der Waals surface area contributed by atoms with Crippen LogP contribution in [0.5, 0.6) is 5.75 Å². The topological polar surface area (TPSA) is 41.6 Å². The van der Waals surface area contributed by atoms with Gasteiger partial charge >= 0.3 is 0 Å². The van der Waals surface area contributed by atoms with Gasteiger partial charge in [-0.15, -0.1) is 0 Å². The molecule has 0 saturated heterocycles. The van der Waals surface area contributed by atoms with Gasteiger partial charge in [0.25, 0.3) is 5.91 Å². The highest BCUT2D eigenvalue weighted by Gasteiger charge is 2.16. The van der Waals surface area contributed by atoms with Crippen molar-refractivity contribution in [2.24, 2.45) is 0 Å². The van der Waals surface area contributed by atoms with Crippen LogP contribution in [0.1, 0.15) is 39.5 Å². The number of carbonyl (C=O) groups excluding carboxylic acids is 1. The van der Waals surface area contributed by atoms with Crippen molar-refractivity contribution in [2.75, 3.05) is 13.2 Å². The Morgan fingerprint density at radius 3 is 2.48 bits per heavy atom. The van der Waals surface area contributed by atoms with E-state index >= 15 is 0 Å². The first-order chi connectivity index (χ1) is 15.1. The number of nitrogens with zero attached hydrogens (tertiary/aromatic N) is 1. The van der Waals surface area contributed by atoms with Crippen LogP contribution in [-0.4, -0.2) is 30.0 Å². The van der Waals surface area contributed by atoms with E-state index in [1.807, 2.05) is 50.2 Å². The third-order valence-electron chi connectivity index (χ3n) is 5.79. The molecule has 1 atom stereocenters. The van der Waals surface area contributed by atoms with Crippen molar-refractivity contribution < 1.29 is 9.53 Å². The second-order valence-corrected chi connectivity index (χ2v) is 8.38. The second-order valence-electron chi connectivity index (χ2n) is 8.38. The highest BCUT2D eigenvalue weighted by Crippen LogP contribution is 2.20. The number of benzene rings is 3. The highest BCUT2D eigenvalue weighted by molar-refractivity contribution is 5.94. The molecule has 1 amide bonds. The summed E-state index contributed by atoms with van der Waals surface area (Å²) in [5, 5.41) is 3.02. The highest BCUT2D eigenvalue weighted by atomic mass is 16.5. The number of aryl methyl sites for hydroxylation is 1. The largest absolute Gasteiger partial charge is 0.491 e. The maximum absolute atomic E-state index is 12.6. The summed E-state index contributed by atoms with van der Waals surface area (Å²) in [5.74, 6) is 0.785. The van der Waals surface area contributed by atoms with E-state index in [9.17, 15) is 4.79 Å². The van der Waals surface area contributed by atoms with Crippen LogP contribution in [0.25, 0.3) is 0 Å². The van der Waals surface area contributed by atoms with E-state index in [1.54, 1.807) is 0 Å². The van der Waals surface area contributed by atoms with Gasteiger partial charge in [0, 0.05) is 25.2 Å². The number of amides is 1. The minimum absolute atomic E-state index is 0.0701. The maximum Gasteiger partial charge on any atom is 0.251 e. The van der Waals surface area contributed by atoms with Crippen molar-refractivity contribution in [2.45, 2.75) is 39.4 Å². The molecule has 0 saturated carbocycles.